The van der Waals surface area contributed by atoms with Crippen molar-refractivity contribution in [3.63, 3.8) is 0 Å². The number of hydrogen-bond donors (Lipinski definition) is 1. The zero-order chi connectivity index (χ0) is 16.5. The highest BCUT2D eigenvalue weighted by atomic mass is 32.1. The summed E-state index contributed by atoms with van der Waals surface area (Å²) >= 11 is 1.65. The molecule has 0 saturated carbocycles. The molecule has 1 amide bonds. The number of aryl methyl sites for hydroxylation is 1. The first-order valence-corrected chi connectivity index (χ1v) is 9.36. The summed E-state index contributed by atoms with van der Waals surface area (Å²) in [5, 5.41) is 6.65. The summed E-state index contributed by atoms with van der Waals surface area (Å²) < 4.78 is 5.76. The van der Waals surface area contributed by atoms with Crippen LogP contribution < -0.4 is 5.32 Å². The van der Waals surface area contributed by atoms with Gasteiger partial charge in [0, 0.05) is 24.2 Å². The first-order valence-electron chi connectivity index (χ1n) is 8.48. The summed E-state index contributed by atoms with van der Waals surface area (Å²) in [4.78, 5) is 19.7. The molecule has 5 nitrogen and oxygen atoms in total. The Kier molecular flexibility index (Phi) is 4.24. The second-order valence-electron chi connectivity index (χ2n) is 6.20. The highest BCUT2D eigenvalue weighted by molar-refractivity contribution is 7.09. The average Bonchev–Trinajstić information content (AvgIpc) is 3.29. The number of carbonyl (C=O) groups excluding carboxylic acids is 1. The van der Waals surface area contributed by atoms with Crippen molar-refractivity contribution in [3.05, 3.63) is 45.9 Å². The Labute approximate surface area is 145 Å². The molecular weight excluding hydrogens is 322 g/mol. The van der Waals surface area contributed by atoms with Gasteiger partial charge in [-0.1, -0.05) is 19.1 Å². The van der Waals surface area contributed by atoms with Gasteiger partial charge in [0.15, 0.2) is 0 Å². The van der Waals surface area contributed by atoms with Crippen molar-refractivity contribution in [3.8, 4) is 0 Å². The number of nitrogens with one attached hydrogen (secondary N) is 1. The van der Waals surface area contributed by atoms with E-state index >= 15 is 0 Å². The molecule has 2 atom stereocenters. The first kappa shape index (κ1) is 15.6. The summed E-state index contributed by atoms with van der Waals surface area (Å²) in [5.41, 5.74) is 2.51. The van der Waals surface area contributed by atoms with Gasteiger partial charge in [-0.25, -0.2) is 4.98 Å². The number of amides is 1. The van der Waals surface area contributed by atoms with Crippen LogP contribution in [0.1, 0.15) is 47.0 Å². The van der Waals surface area contributed by atoms with Crippen molar-refractivity contribution in [1.82, 2.24) is 9.88 Å². The Morgan fingerprint density at radius 2 is 2.29 bits per heavy atom. The van der Waals surface area contributed by atoms with Gasteiger partial charge in [-0.2, -0.15) is 0 Å². The number of ether oxygens (including phenoxy) is 1. The molecule has 0 bridgehead atoms. The van der Waals surface area contributed by atoms with Gasteiger partial charge in [-0.05, 0) is 31.4 Å². The molecule has 1 aromatic heterocycles. The first-order chi connectivity index (χ1) is 11.8. The standard InChI is InChI=1S/C18H21N3O2S/c1-2-16-19-15(11-24-16)17-20-14-8-4-3-7-13(14)18(22)21(17)10-12-6-5-9-23-12/h3-4,7-8,11-12,17,20H,2,5-6,9-10H2,1H3/t12-,17+/m1/s1. The maximum absolute atomic E-state index is 13.1. The van der Waals surface area contributed by atoms with Crippen molar-refractivity contribution in [2.75, 3.05) is 18.5 Å². The van der Waals surface area contributed by atoms with E-state index in [0.717, 1.165) is 47.8 Å². The molecule has 4 rings (SSSR count). The number of hydrogen-bond acceptors (Lipinski definition) is 5. The van der Waals surface area contributed by atoms with Gasteiger partial charge >= 0.3 is 0 Å². The molecule has 24 heavy (non-hydrogen) atoms. The molecule has 6 heteroatoms. The average molecular weight is 343 g/mol. The van der Waals surface area contributed by atoms with Crippen molar-refractivity contribution < 1.29 is 9.53 Å². The predicted molar refractivity (Wildman–Crippen MR) is 94.3 cm³/mol. The van der Waals surface area contributed by atoms with Gasteiger partial charge in [0.05, 0.1) is 22.4 Å². The Hall–Kier alpha value is -1.92. The van der Waals surface area contributed by atoms with Gasteiger partial charge in [-0.15, -0.1) is 11.3 Å². The van der Waals surface area contributed by atoms with Crippen LogP contribution in [0.3, 0.4) is 0 Å². The van der Waals surface area contributed by atoms with E-state index in [0.29, 0.717) is 6.54 Å². The fourth-order valence-electron chi connectivity index (χ4n) is 3.34. The molecule has 2 aliphatic heterocycles. The molecule has 3 heterocycles. The number of nitrogens with zero attached hydrogens (tertiary/aromatic N) is 2. The fraction of sp³-hybridized carbons (Fsp3) is 0.444. The Bertz CT molecular complexity index is 739. The van der Waals surface area contributed by atoms with Crippen LogP contribution in [0.15, 0.2) is 29.6 Å². The van der Waals surface area contributed by atoms with E-state index in [-0.39, 0.29) is 18.2 Å². The molecule has 0 radical (unpaired) electrons. The van der Waals surface area contributed by atoms with Crippen LogP contribution in [0.2, 0.25) is 0 Å². The third-order valence-corrected chi connectivity index (χ3v) is 5.61. The van der Waals surface area contributed by atoms with E-state index in [1.807, 2.05) is 29.2 Å². The Morgan fingerprint density at radius 1 is 1.42 bits per heavy atom. The second-order valence-corrected chi connectivity index (χ2v) is 7.15. The third kappa shape index (κ3) is 2.80. The highest BCUT2D eigenvalue weighted by Gasteiger charge is 2.36. The summed E-state index contributed by atoms with van der Waals surface area (Å²) in [6, 6.07) is 7.68. The van der Waals surface area contributed by atoms with Gasteiger partial charge in [-0.3, -0.25) is 4.79 Å². The Morgan fingerprint density at radius 3 is 3.04 bits per heavy atom. The molecule has 2 aromatic rings. The predicted octanol–water partition coefficient (Wildman–Crippen LogP) is 3.45. The van der Waals surface area contributed by atoms with Crippen LogP contribution >= 0.6 is 11.3 Å². The lowest BCUT2D eigenvalue weighted by molar-refractivity contribution is 0.0423. The minimum atomic E-state index is -0.229. The van der Waals surface area contributed by atoms with Crippen LogP contribution in [0, 0.1) is 0 Å². The molecule has 0 spiro atoms. The molecule has 1 fully saturated rings. The number of rotatable bonds is 4. The number of carbonyl (C=O) groups is 1. The Balaban J connectivity index is 1.69. The normalized spacial score (nSPS) is 23.2. The van der Waals surface area contributed by atoms with Crippen LogP contribution in [0.25, 0.3) is 0 Å². The number of anilines is 1. The summed E-state index contributed by atoms with van der Waals surface area (Å²) in [5.74, 6) is 0.0518. The second kappa shape index (κ2) is 6.53. The van der Waals surface area contributed by atoms with Gasteiger partial charge < -0.3 is 15.0 Å². The summed E-state index contributed by atoms with van der Waals surface area (Å²) in [6.45, 7) is 3.49. The van der Waals surface area contributed by atoms with Crippen molar-refractivity contribution >= 4 is 22.9 Å². The lowest BCUT2D eigenvalue weighted by Crippen LogP contribution is -2.46. The number of fused-ring (bicyclic) bond motifs is 1. The topological polar surface area (TPSA) is 54.5 Å². The maximum atomic E-state index is 13.1. The molecule has 1 aromatic carbocycles. The van der Waals surface area contributed by atoms with Crippen molar-refractivity contribution in [2.45, 2.75) is 38.5 Å². The van der Waals surface area contributed by atoms with E-state index in [9.17, 15) is 4.79 Å². The van der Waals surface area contributed by atoms with E-state index < -0.39 is 0 Å². The van der Waals surface area contributed by atoms with Gasteiger partial charge in [0.25, 0.3) is 5.91 Å². The quantitative estimate of drug-likeness (QED) is 0.924. The summed E-state index contributed by atoms with van der Waals surface area (Å²) in [7, 11) is 0. The third-order valence-electron chi connectivity index (χ3n) is 4.60. The van der Waals surface area contributed by atoms with Crippen LogP contribution in [-0.4, -0.2) is 35.0 Å². The van der Waals surface area contributed by atoms with Crippen LogP contribution in [0.5, 0.6) is 0 Å². The molecule has 1 saturated heterocycles. The lowest BCUT2D eigenvalue weighted by atomic mass is 10.1. The molecular formula is C18H21N3O2S. The van der Waals surface area contributed by atoms with Crippen LogP contribution in [0.4, 0.5) is 5.69 Å². The molecule has 0 unspecified atom stereocenters. The molecule has 0 aliphatic carbocycles. The van der Waals surface area contributed by atoms with E-state index in [4.69, 9.17) is 9.72 Å². The SMILES string of the molecule is CCc1nc([C@H]2Nc3ccccc3C(=O)N2C[C@H]2CCCO2)cs1. The molecule has 1 N–H and O–H groups in total. The number of para-hydroxylation sites is 1. The number of benzene rings is 1. The smallest absolute Gasteiger partial charge is 0.257 e. The minimum absolute atomic E-state index is 0.0518. The van der Waals surface area contributed by atoms with Crippen molar-refractivity contribution in [1.29, 1.82) is 0 Å². The fourth-order valence-corrected chi connectivity index (χ4v) is 4.10. The molecule has 126 valence electrons. The van der Waals surface area contributed by atoms with E-state index in [2.05, 4.69) is 17.6 Å². The van der Waals surface area contributed by atoms with E-state index in [1.54, 1.807) is 11.3 Å². The number of aromatic nitrogens is 1. The zero-order valence-electron chi connectivity index (χ0n) is 13.7. The highest BCUT2D eigenvalue weighted by Crippen LogP contribution is 2.34. The number of thiazole rings is 1. The van der Waals surface area contributed by atoms with Gasteiger partial charge in [0.1, 0.15) is 6.17 Å². The maximum Gasteiger partial charge on any atom is 0.257 e. The van der Waals surface area contributed by atoms with Crippen molar-refractivity contribution in [2.24, 2.45) is 0 Å². The monoisotopic (exact) mass is 343 g/mol. The molecule has 2 aliphatic rings. The largest absolute Gasteiger partial charge is 0.376 e. The zero-order valence-corrected chi connectivity index (χ0v) is 14.5. The van der Waals surface area contributed by atoms with Gasteiger partial charge in [0.2, 0.25) is 0 Å². The summed E-state index contributed by atoms with van der Waals surface area (Å²) in [6.07, 6.45) is 2.88. The lowest BCUT2D eigenvalue weighted by Gasteiger charge is -2.38. The van der Waals surface area contributed by atoms with E-state index in [1.165, 1.54) is 0 Å². The minimum Gasteiger partial charge on any atom is -0.376 e. The van der Waals surface area contributed by atoms with Crippen LogP contribution in [-0.2, 0) is 11.2 Å².